The summed E-state index contributed by atoms with van der Waals surface area (Å²) in [4.78, 5) is 0. The van der Waals surface area contributed by atoms with Gasteiger partial charge in [-0.2, -0.15) is 0 Å². The van der Waals surface area contributed by atoms with Crippen LogP contribution in [0.2, 0.25) is 0 Å². The van der Waals surface area contributed by atoms with E-state index >= 15 is 0 Å². The van der Waals surface area contributed by atoms with Crippen LogP contribution in [0, 0.1) is 0 Å². The Labute approximate surface area is 96.8 Å². The monoisotopic (exact) mass is 221 g/mol. The summed E-state index contributed by atoms with van der Waals surface area (Å²) in [5.41, 5.74) is 1.25. The molecule has 1 aliphatic heterocycles. The molecule has 0 atom stereocenters. The smallest absolute Gasteiger partial charge is 0.231 e. The molecule has 0 fully saturated rings. The van der Waals surface area contributed by atoms with E-state index in [4.69, 9.17) is 9.47 Å². The standard InChI is InChI=1S/C13H19NO2/c1-3-11(4-2)14-8-10-5-6-12-13(7-10)16-9-15-12/h5-7,11,14H,3-4,8-9H2,1-2H3. The Morgan fingerprint density at radius 2 is 1.94 bits per heavy atom. The third-order valence-electron chi connectivity index (χ3n) is 3.02. The fourth-order valence-corrected chi connectivity index (χ4v) is 1.89. The van der Waals surface area contributed by atoms with Crippen molar-refractivity contribution >= 4 is 0 Å². The molecule has 0 spiro atoms. The molecule has 1 aromatic carbocycles. The largest absolute Gasteiger partial charge is 0.454 e. The van der Waals surface area contributed by atoms with E-state index in [-0.39, 0.29) is 0 Å². The number of fused-ring (bicyclic) bond motifs is 1. The molecule has 0 saturated heterocycles. The summed E-state index contributed by atoms with van der Waals surface area (Å²) in [6.07, 6.45) is 2.34. The number of hydrogen-bond donors (Lipinski definition) is 1. The van der Waals surface area contributed by atoms with Gasteiger partial charge in [-0.3, -0.25) is 0 Å². The van der Waals surface area contributed by atoms with Crippen LogP contribution >= 0.6 is 0 Å². The van der Waals surface area contributed by atoms with E-state index in [0.29, 0.717) is 12.8 Å². The zero-order valence-corrected chi connectivity index (χ0v) is 9.95. The normalized spacial score (nSPS) is 13.4. The number of ether oxygens (including phenoxy) is 2. The van der Waals surface area contributed by atoms with Crippen LogP contribution < -0.4 is 14.8 Å². The first-order chi connectivity index (χ1) is 7.83. The predicted octanol–water partition coefficient (Wildman–Crippen LogP) is 2.69. The first-order valence-corrected chi connectivity index (χ1v) is 5.95. The molecule has 0 unspecified atom stereocenters. The van der Waals surface area contributed by atoms with E-state index in [1.807, 2.05) is 6.07 Å². The van der Waals surface area contributed by atoms with Crippen molar-refractivity contribution in [2.75, 3.05) is 6.79 Å². The highest BCUT2D eigenvalue weighted by Gasteiger charge is 2.13. The molecule has 0 amide bonds. The summed E-state index contributed by atoms with van der Waals surface area (Å²) >= 11 is 0. The van der Waals surface area contributed by atoms with Gasteiger partial charge in [0.1, 0.15) is 0 Å². The van der Waals surface area contributed by atoms with Crippen molar-refractivity contribution in [1.82, 2.24) is 5.32 Å². The van der Waals surface area contributed by atoms with Crippen molar-refractivity contribution in [3.63, 3.8) is 0 Å². The molecule has 3 nitrogen and oxygen atoms in total. The van der Waals surface area contributed by atoms with Gasteiger partial charge < -0.3 is 14.8 Å². The molecule has 3 heteroatoms. The highest BCUT2D eigenvalue weighted by molar-refractivity contribution is 5.44. The Hall–Kier alpha value is -1.22. The lowest BCUT2D eigenvalue weighted by atomic mass is 10.1. The third kappa shape index (κ3) is 2.47. The SMILES string of the molecule is CCC(CC)NCc1ccc2c(c1)OCO2. The molecule has 2 rings (SSSR count). The Kier molecular flexibility index (Phi) is 3.67. The van der Waals surface area contributed by atoms with Crippen LogP contribution in [0.5, 0.6) is 11.5 Å². The highest BCUT2D eigenvalue weighted by Crippen LogP contribution is 2.32. The number of hydrogen-bond acceptors (Lipinski definition) is 3. The minimum atomic E-state index is 0.346. The Bertz CT molecular complexity index is 348. The van der Waals surface area contributed by atoms with Crippen LogP contribution in [0.15, 0.2) is 18.2 Å². The van der Waals surface area contributed by atoms with Crippen molar-refractivity contribution in [3.05, 3.63) is 23.8 Å². The molecule has 0 radical (unpaired) electrons. The molecular weight excluding hydrogens is 202 g/mol. The maximum Gasteiger partial charge on any atom is 0.231 e. The van der Waals surface area contributed by atoms with E-state index < -0.39 is 0 Å². The van der Waals surface area contributed by atoms with Crippen LogP contribution in [0.1, 0.15) is 32.3 Å². The average Bonchev–Trinajstić information content (AvgIpc) is 2.77. The quantitative estimate of drug-likeness (QED) is 0.829. The lowest BCUT2D eigenvalue weighted by Gasteiger charge is -2.14. The summed E-state index contributed by atoms with van der Waals surface area (Å²) in [5.74, 6) is 1.72. The van der Waals surface area contributed by atoms with E-state index in [1.165, 1.54) is 18.4 Å². The molecule has 1 heterocycles. The van der Waals surface area contributed by atoms with Gasteiger partial charge in [0.2, 0.25) is 6.79 Å². The molecule has 0 aromatic heterocycles. The van der Waals surface area contributed by atoms with Gasteiger partial charge in [-0.15, -0.1) is 0 Å². The summed E-state index contributed by atoms with van der Waals surface area (Å²) in [6, 6.07) is 6.72. The second kappa shape index (κ2) is 5.21. The van der Waals surface area contributed by atoms with Gasteiger partial charge in [0, 0.05) is 12.6 Å². The van der Waals surface area contributed by atoms with Gasteiger partial charge in [-0.05, 0) is 30.5 Å². The zero-order chi connectivity index (χ0) is 11.4. The van der Waals surface area contributed by atoms with Crippen molar-refractivity contribution in [3.8, 4) is 11.5 Å². The van der Waals surface area contributed by atoms with Gasteiger partial charge in [0.25, 0.3) is 0 Å². The second-order valence-electron chi connectivity index (χ2n) is 4.08. The van der Waals surface area contributed by atoms with Gasteiger partial charge in [-0.1, -0.05) is 19.9 Å². The molecular formula is C13H19NO2. The van der Waals surface area contributed by atoms with Gasteiger partial charge >= 0.3 is 0 Å². The van der Waals surface area contributed by atoms with Crippen LogP contribution in [0.4, 0.5) is 0 Å². The summed E-state index contributed by atoms with van der Waals surface area (Å²) in [6.45, 7) is 5.66. The first kappa shape index (κ1) is 11.3. The molecule has 0 bridgehead atoms. The van der Waals surface area contributed by atoms with Crippen molar-refractivity contribution < 1.29 is 9.47 Å². The Morgan fingerprint density at radius 3 is 2.69 bits per heavy atom. The van der Waals surface area contributed by atoms with Crippen LogP contribution in [-0.4, -0.2) is 12.8 Å². The summed E-state index contributed by atoms with van der Waals surface area (Å²) in [7, 11) is 0. The molecule has 88 valence electrons. The summed E-state index contributed by atoms with van der Waals surface area (Å²) in [5, 5.41) is 3.53. The molecule has 16 heavy (non-hydrogen) atoms. The first-order valence-electron chi connectivity index (χ1n) is 5.95. The molecule has 0 saturated carbocycles. The number of rotatable bonds is 5. The van der Waals surface area contributed by atoms with Crippen molar-refractivity contribution in [2.24, 2.45) is 0 Å². The van der Waals surface area contributed by atoms with E-state index in [0.717, 1.165) is 18.0 Å². The van der Waals surface area contributed by atoms with Crippen molar-refractivity contribution in [1.29, 1.82) is 0 Å². The molecule has 0 aliphatic carbocycles. The topological polar surface area (TPSA) is 30.5 Å². The van der Waals surface area contributed by atoms with Gasteiger partial charge in [0.15, 0.2) is 11.5 Å². The van der Waals surface area contributed by atoms with Crippen molar-refractivity contribution in [2.45, 2.75) is 39.3 Å². The van der Waals surface area contributed by atoms with Gasteiger partial charge in [-0.25, -0.2) is 0 Å². The minimum Gasteiger partial charge on any atom is -0.454 e. The van der Waals surface area contributed by atoms with E-state index in [2.05, 4.69) is 31.3 Å². The molecule has 1 N–H and O–H groups in total. The third-order valence-corrected chi connectivity index (χ3v) is 3.02. The predicted molar refractivity (Wildman–Crippen MR) is 63.8 cm³/mol. The highest BCUT2D eigenvalue weighted by atomic mass is 16.7. The van der Waals surface area contributed by atoms with Crippen LogP contribution in [-0.2, 0) is 6.54 Å². The second-order valence-corrected chi connectivity index (χ2v) is 4.08. The maximum atomic E-state index is 5.35. The average molecular weight is 221 g/mol. The lowest BCUT2D eigenvalue weighted by molar-refractivity contribution is 0.174. The van der Waals surface area contributed by atoms with Gasteiger partial charge in [0.05, 0.1) is 0 Å². The zero-order valence-electron chi connectivity index (χ0n) is 9.95. The molecule has 1 aromatic rings. The number of nitrogens with one attached hydrogen (secondary N) is 1. The Morgan fingerprint density at radius 1 is 1.19 bits per heavy atom. The Balaban J connectivity index is 1.95. The fourth-order valence-electron chi connectivity index (χ4n) is 1.89. The summed E-state index contributed by atoms with van der Waals surface area (Å²) < 4.78 is 10.6. The number of benzene rings is 1. The van der Waals surface area contributed by atoms with Crippen LogP contribution in [0.25, 0.3) is 0 Å². The van der Waals surface area contributed by atoms with E-state index in [9.17, 15) is 0 Å². The molecule has 1 aliphatic rings. The van der Waals surface area contributed by atoms with Crippen LogP contribution in [0.3, 0.4) is 0 Å². The fraction of sp³-hybridized carbons (Fsp3) is 0.538. The lowest BCUT2D eigenvalue weighted by Crippen LogP contribution is -2.26. The minimum absolute atomic E-state index is 0.346. The van der Waals surface area contributed by atoms with E-state index in [1.54, 1.807) is 0 Å². The maximum absolute atomic E-state index is 5.35.